The lowest BCUT2D eigenvalue weighted by Gasteiger charge is -2.13. The first kappa shape index (κ1) is 15.5. The topological polar surface area (TPSA) is 114 Å². The molecule has 3 rings (SSSR count). The molecule has 2 atom stereocenters. The van der Waals surface area contributed by atoms with E-state index < -0.39 is 23.9 Å². The second-order valence-corrected chi connectivity index (χ2v) is 5.08. The average Bonchev–Trinajstić information content (AvgIpc) is 3.14. The van der Waals surface area contributed by atoms with Crippen molar-refractivity contribution in [2.24, 2.45) is 0 Å². The van der Waals surface area contributed by atoms with Crippen LogP contribution in [0.3, 0.4) is 0 Å². The Hall–Kier alpha value is -2.36. The smallest absolute Gasteiger partial charge is 0.302 e. The van der Waals surface area contributed by atoms with Gasteiger partial charge in [-0.05, 0) is 6.42 Å². The van der Waals surface area contributed by atoms with Crippen molar-refractivity contribution in [2.45, 2.75) is 39.1 Å². The monoisotopic (exact) mass is 320 g/mol. The van der Waals surface area contributed by atoms with Gasteiger partial charge >= 0.3 is 11.5 Å². The molecule has 2 unspecified atom stereocenters. The van der Waals surface area contributed by atoms with Gasteiger partial charge in [0.25, 0.3) is 0 Å². The van der Waals surface area contributed by atoms with Gasteiger partial charge in [-0.1, -0.05) is 17.4 Å². The number of aromatic nitrogens is 6. The molecule has 1 fully saturated rings. The van der Waals surface area contributed by atoms with E-state index in [1.807, 2.05) is 6.92 Å². The van der Waals surface area contributed by atoms with Crippen LogP contribution in [0.1, 0.15) is 26.5 Å². The Balaban J connectivity index is 1.80. The molecule has 2 aromatic heterocycles. The van der Waals surface area contributed by atoms with Crippen LogP contribution in [0.15, 0.2) is 4.79 Å². The van der Waals surface area contributed by atoms with Crippen LogP contribution in [0, 0.1) is 12.8 Å². The lowest BCUT2D eigenvalue weighted by atomic mass is 10.2. The normalized spacial score (nSPS) is 21.0. The molecular formula is C13H16N6O4. The molecule has 122 valence electrons. The van der Waals surface area contributed by atoms with E-state index in [1.165, 1.54) is 6.92 Å². The molecule has 2 aromatic rings. The fraction of sp³-hybridized carbons (Fsp3) is 0.538. The van der Waals surface area contributed by atoms with Crippen LogP contribution in [0.2, 0.25) is 0 Å². The molecule has 0 aromatic carbocycles. The number of nitrogens with zero attached hydrogens (tertiary/aromatic N) is 6. The molecule has 0 amide bonds. The molecule has 3 heterocycles. The zero-order chi connectivity index (χ0) is 16.4. The van der Waals surface area contributed by atoms with Gasteiger partial charge in [-0.3, -0.25) is 9.59 Å². The SMILES string of the molecule is CCCn1nnc2c(=O)n(C3[CH][CH]C(COC(C)=O)O3)nnc21. The first-order chi connectivity index (χ1) is 11.1. The first-order valence-electron chi connectivity index (χ1n) is 7.26. The second kappa shape index (κ2) is 6.41. The van der Waals surface area contributed by atoms with E-state index in [4.69, 9.17) is 9.47 Å². The van der Waals surface area contributed by atoms with Crippen molar-refractivity contribution in [3.05, 3.63) is 23.2 Å². The number of ether oxygens (including phenoxy) is 2. The molecule has 10 heteroatoms. The van der Waals surface area contributed by atoms with Gasteiger partial charge in [-0.25, -0.2) is 4.68 Å². The third-order valence-corrected chi connectivity index (χ3v) is 3.29. The lowest BCUT2D eigenvalue weighted by molar-refractivity contribution is -0.145. The maximum atomic E-state index is 12.5. The summed E-state index contributed by atoms with van der Waals surface area (Å²) in [7, 11) is 0. The minimum absolute atomic E-state index is 0.0828. The molecule has 1 saturated heterocycles. The average molecular weight is 320 g/mol. The van der Waals surface area contributed by atoms with Gasteiger partial charge in [-0.15, -0.1) is 10.2 Å². The van der Waals surface area contributed by atoms with Crippen LogP contribution in [-0.2, 0) is 20.8 Å². The quantitative estimate of drug-likeness (QED) is 0.687. The summed E-state index contributed by atoms with van der Waals surface area (Å²) in [6, 6.07) is 0. The van der Waals surface area contributed by atoms with Crippen LogP contribution >= 0.6 is 0 Å². The number of hydrogen-bond acceptors (Lipinski definition) is 8. The maximum absolute atomic E-state index is 12.5. The van der Waals surface area contributed by atoms with E-state index in [9.17, 15) is 9.59 Å². The highest BCUT2D eigenvalue weighted by Crippen LogP contribution is 2.24. The molecule has 0 aliphatic carbocycles. The summed E-state index contributed by atoms with van der Waals surface area (Å²) in [4.78, 5) is 23.3. The van der Waals surface area contributed by atoms with Crippen molar-refractivity contribution in [1.29, 1.82) is 0 Å². The van der Waals surface area contributed by atoms with Crippen LogP contribution < -0.4 is 5.56 Å². The predicted molar refractivity (Wildman–Crippen MR) is 76.8 cm³/mol. The minimum Gasteiger partial charge on any atom is -0.463 e. The maximum Gasteiger partial charge on any atom is 0.302 e. The van der Waals surface area contributed by atoms with E-state index >= 15 is 0 Å². The van der Waals surface area contributed by atoms with Crippen molar-refractivity contribution >= 4 is 17.1 Å². The molecule has 23 heavy (non-hydrogen) atoms. The van der Waals surface area contributed by atoms with Crippen molar-refractivity contribution in [1.82, 2.24) is 30.0 Å². The lowest BCUT2D eigenvalue weighted by Crippen LogP contribution is -2.29. The highest BCUT2D eigenvalue weighted by molar-refractivity contribution is 5.67. The highest BCUT2D eigenvalue weighted by atomic mass is 16.6. The zero-order valence-corrected chi connectivity index (χ0v) is 12.7. The van der Waals surface area contributed by atoms with Crippen LogP contribution in [-0.4, -0.2) is 48.7 Å². The summed E-state index contributed by atoms with van der Waals surface area (Å²) >= 11 is 0. The van der Waals surface area contributed by atoms with Gasteiger partial charge < -0.3 is 9.47 Å². The number of rotatable bonds is 5. The molecule has 0 saturated carbocycles. The van der Waals surface area contributed by atoms with E-state index in [-0.39, 0.29) is 12.1 Å². The number of carbonyl (C=O) groups excluding carboxylic acids is 1. The van der Waals surface area contributed by atoms with Crippen molar-refractivity contribution in [3.63, 3.8) is 0 Å². The predicted octanol–water partition coefficient (Wildman–Crippen LogP) is -0.338. The summed E-state index contributed by atoms with van der Waals surface area (Å²) in [6.07, 6.45) is 3.07. The summed E-state index contributed by atoms with van der Waals surface area (Å²) in [5, 5.41) is 15.7. The Morgan fingerprint density at radius 2 is 2.17 bits per heavy atom. The Morgan fingerprint density at radius 1 is 1.35 bits per heavy atom. The largest absolute Gasteiger partial charge is 0.463 e. The Morgan fingerprint density at radius 3 is 2.91 bits per heavy atom. The second-order valence-electron chi connectivity index (χ2n) is 5.08. The Kier molecular flexibility index (Phi) is 4.33. The summed E-state index contributed by atoms with van der Waals surface area (Å²) in [5.41, 5.74) is 0.0700. The first-order valence-corrected chi connectivity index (χ1v) is 7.26. The fourth-order valence-corrected chi connectivity index (χ4v) is 2.24. The van der Waals surface area contributed by atoms with E-state index in [1.54, 1.807) is 17.5 Å². The van der Waals surface area contributed by atoms with Crippen LogP contribution in [0.5, 0.6) is 0 Å². The standard InChI is InChI=1S/C13H16N6O4/c1-3-6-18-12-11(14-16-18)13(21)19(17-15-12)10-5-4-9(23-10)7-22-8(2)20/h4-5,9-10H,3,6-7H2,1-2H3. The highest BCUT2D eigenvalue weighted by Gasteiger charge is 2.30. The number of aryl methyl sites for hydroxylation is 1. The fourth-order valence-electron chi connectivity index (χ4n) is 2.24. The van der Waals surface area contributed by atoms with Gasteiger partial charge in [0.15, 0.2) is 6.23 Å². The van der Waals surface area contributed by atoms with Gasteiger partial charge in [0.05, 0.1) is 6.10 Å². The minimum atomic E-state index is -0.712. The van der Waals surface area contributed by atoms with Crippen molar-refractivity contribution < 1.29 is 14.3 Å². The number of esters is 1. The number of carbonyl (C=O) groups is 1. The van der Waals surface area contributed by atoms with Crippen LogP contribution in [0.25, 0.3) is 11.2 Å². The molecule has 1 aliphatic heterocycles. The summed E-state index contributed by atoms with van der Waals surface area (Å²) < 4.78 is 13.1. The third kappa shape index (κ3) is 3.07. The van der Waals surface area contributed by atoms with Gasteiger partial charge in [0.2, 0.25) is 11.2 Å². The molecule has 2 radical (unpaired) electrons. The zero-order valence-electron chi connectivity index (χ0n) is 12.7. The van der Waals surface area contributed by atoms with E-state index in [2.05, 4.69) is 20.6 Å². The molecule has 0 bridgehead atoms. The number of hydrogen-bond donors (Lipinski definition) is 0. The van der Waals surface area contributed by atoms with E-state index in [0.29, 0.717) is 12.2 Å². The molecule has 0 N–H and O–H groups in total. The summed E-state index contributed by atoms with van der Waals surface area (Å²) in [5.74, 6) is -0.392. The third-order valence-electron chi connectivity index (χ3n) is 3.29. The van der Waals surface area contributed by atoms with Crippen molar-refractivity contribution in [2.75, 3.05) is 6.61 Å². The molecule has 1 aliphatic rings. The van der Waals surface area contributed by atoms with Crippen LogP contribution in [0.4, 0.5) is 0 Å². The molecule has 0 spiro atoms. The molecule has 10 nitrogen and oxygen atoms in total. The van der Waals surface area contributed by atoms with Crippen molar-refractivity contribution in [3.8, 4) is 0 Å². The summed E-state index contributed by atoms with van der Waals surface area (Å²) in [6.45, 7) is 4.00. The van der Waals surface area contributed by atoms with Gasteiger partial charge in [0, 0.05) is 26.3 Å². The Labute approximate surface area is 131 Å². The molecular weight excluding hydrogens is 304 g/mol. The van der Waals surface area contributed by atoms with Gasteiger partial charge in [-0.2, -0.15) is 4.68 Å². The van der Waals surface area contributed by atoms with Gasteiger partial charge in [0.1, 0.15) is 6.61 Å². The number of fused-ring (bicyclic) bond motifs is 1. The Bertz CT molecular complexity index is 769. The van der Waals surface area contributed by atoms with E-state index in [0.717, 1.165) is 11.1 Å².